The maximum Gasteiger partial charge on any atom is 0.369 e. The summed E-state index contributed by atoms with van der Waals surface area (Å²) in [5.74, 6) is 1.06. The Morgan fingerprint density at radius 3 is 2.05 bits per heavy atom. The second-order valence-electron chi connectivity index (χ2n) is 3.76. The summed E-state index contributed by atoms with van der Waals surface area (Å²) < 4.78 is 5.60. The van der Waals surface area contributed by atoms with E-state index in [0.717, 1.165) is 0 Å². The van der Waals surface area contributed by atoms with Crippen LogP contribution in [-0.4, -0.2) is 20.8 Å². The van der Waals surface area contributed by atoms with Gasteiger partial charge in [0.1, 0.15) is 11.5 Å². The van der Waals surface area contributed by atoms with Crippen molar-refractivity contribution in [2.45, 2.75) is 9.79 Å². The summed E-state index contributed by atoms with van der Waals surface area (Å²) >= 11 is 1.10. The first-order valence-electron chi connectivity index (χ1n) is 5.73. The van der Waals surface area contributed by atoms with Crippen molar-refractivity contribution < 1.29 is 24.5 Å². The van der Waals surface area contributed by atoms with E-state index >= 15 is 0 Å². The largest absolute Gasteiger partial charge is 0.473 e. The van der Waals surface area contributed by atoms with Crippen LogP contribution in [0.25, 0.3) is 0 Å². The highest BCUT2D eigenvalue weighted by Crippen LogP contribution is 2.35. The highest BCUT2D eigenvalue weighted by Gasteiger charge is 2.13. The standard InChI is InChI=1S/C14H10O5S2/c15-13(16)20-11-7-6-10(8-12(11)21-14(17)18)19-9-4-2-1-3-5-9/h1-8H,(H,15,16)(H,17,18). The molecule has 2 aromatic rings. The molecule has 0 spiro atoms. The summed E-state index contributed by atoms with van der Waals surface area (Å²) in [7, 11) is 0. The summed E-state index contributed by atoms with van der Waals surface area (Å²) in [6.45, 7) is 0. The number of carbonyl (C=O) groups is 2. The van der Waals surface area contributed by atoms with Crippen molar-refractivity contribution in [1.29, 1.82) is 0 Å². The van der Waals surface area contributed by atoms with Gasteiger partial charge in [-0.15, -0.1) is 0 Å². The number of carboxylic acid groups (broad SMARTS) is 2. The maximum absolute atomic E-state index is 10.8. The van der Waals surface area contributed by atoms with Gasteiger partial charge in [-0.25, -0.2) is 9.59 Å². The van der Waals surface area contributed by atoms with Crippen molar-refractivity contribution in [2.75, 3.05) is 0 Å². The fraction of sp³-hybridized carbons (Fsp3) is 0. The van der Waals surface area contributed by atoms with E-state index in [0.29, 0.717) is 44.8 Å². The average Bonchev–Trinajstić information content (AvgIpc) is 2.42. The van der Waals surface area contributed by atoms with Crippen LogP contribution >= 0.6 is 23.5 Å². The first-order chi connectivity index (χ1) is 10.0. The first kappa shape index (κ1) is 15.3. The van der Waals surface area contributed by atoms with Gasteiger partial charge in [0.15, 0.2) is 0 Å². The third-order valence-electron chi connectivity index (χ3n) is 2.29. The number of ether oxygens (including phenoxy) is 1. The van der Waals surface area contributed by atoms with Crippen molar-refractivity contribution in [3.63, 3.8) is 0 Å². The molecule has 2 aromatic carbocycles. The minimum atomic E-state index is -1.11. The van der Waals surface area contributed by atoms with Crippen LogP contribution in [0.2, 0.25) is 0 Å². The van der Waals surface area contributed by atoms with E-state index in [1.807, 2.05) is 18.2 Å². The van der Waals surface area contributed by atoms with Gasteiger partial charge >= 0.3 is 10.6 Å². The molecular formula is C14H10O5S2. The van der Waals surface area contributed by atoms with E-state index in [4.69, 9.17) is 14.9 Å². The Morgan fingerprint density at radius 2 is 1.43 bits per heavy atom. The normalized spacial score (nSPS) is 10.1. The lowest BCUT2D eigenvalue weighted by molar-refractivity contribution is 0.221. The van der Waals surface area contributed by atoms with Crippen LogP contribution in [-0.2, 0) is 0 Å². The van der Waals surface area contributed by atoms with Crippen molar-refractivity contribution in [2.24, 2.45) is 0 Å². The van der Waals surface area contributed by atoms with Crippen LogP contribution in [0.1, 0.15) is 0 Å². The molecule has 0 radical (unpaired) electrons. The topological polar surface area (TPSA) is 83.8 Å². The average molecular weight is 322 g/mol. The zero-order valence-corrected chi connectivity index (χ0v) is 12.2. The highest BCUT2D eigenvalue weighted by atomic mass is 32.2. The zero-order chi connectivity index (χ0) is 15.2. The Labute approximate surface area is 128 Å². The smallest absolute Gasteiger partial charge is 0.369 e. The molecule has 0 atom stereocenters. The fourth-order valence-corrected chi connectivity index (χ4v) is 2.79. The van der Waals surface area contributed by atoms with Gasteiger partial charge in [-0.2, -0.15) is 0 Å². The molecule has 0 fully saturated rings. The molecule has 2 N–H and O–H groups in total. The van der Waals surface area contributed by atoms with Crippen LogP contribution < -0.4 is 4.74 Å². The van der Waals surface area contributed by atoms with Crippen LogP contribution in [0.3, 0.4) is 0 Å². The van der Waals surface area contributed by atoms with Gasteiger partial charge in [0.05, 0.1) is 0 Å². The number of rotatable bonds is 4. The quantitative estimate of drug-likeness (QED) is 0.764. The zero-order valence-electron chi connectivity index (χ0n) is 10.6. The Hall–Kier alpha value is -2.12. The number of benzene rings is 2. The molecule has 2 rings (SSSR count). The molecule has 108 valence electrons. The molecule has 0 aliphatic heterocycles. The van der Waals surface area contributed by atoms with Crippen LogP contribution in [0.4, 0.5) is 9.59 Å². The number of hydrogen-bond donors (Lipinski definition) is 2. The van der Waals surface area contributed by atoms with Gasteiger partial charge in [0.2, 0.25) is 0 Å². The summed E-state index contributed by atoms with van der Waals surface area (Å²) in [6, 6.07) is 13.7. The SMILES string of the molecule is O=C(O)Sc1ccc(Oc2ccccc2)cc1SC(=O)O. The van der Waals surface area contributed by atoms with Crippen molar-refractivity contribution >= 4 is 34.1 Å². The molecule has 0 heterocycles. The molecule has 0 saturated heterocycles. The van der Waals surface area contributed by atoms with Crippen LogP contribution in [0.15, 0.2) is 58.3 Å². The lowest BCUT2D eigenvalue weighted by Crippen LogP contribution is -1.91. The molecule has 21 heavy (non-hydrogen) atoms. The Balaban J connectivity index is 2.27. The summed E-state index contributed by atoms with van der Waals surface area (Å²) in [4.78, 5) is 22.3. The van der Waals surface area contributed by atoms with E-state index in [-0.39, 0.29) is 0 Å². The third-order valence-corrected chi connectivity index (χ3v) is 3.90. The lowest BCUT2D eigenvalue weighted by Gasteiger charge is -2.09. The lowest BCUT2D eigenvalue weighted by atomic mass is 10.3. The van der Waals surface area contributed by atoms with Gasteiger partial charge in [-0.3, -0.25) is 0 Å². The van der Waals surface area contributed by atoms with Gasteiger partial charge in [0, 0.05) is 9.79 Å². The first-order valence-corrected chi connectivity index (χ1v) is 7.36. The van der Waals surface area contributed by atoms with Crippen molar-refractivity contribution in [1.82, 2.24) is 0 Å². The predicted octanol–water partition coefficient (Wildman–Crippen LogP) is 5.02. The molecule has 0 aromatic heterocycles. The Kier molecular flexibility index (Phi) is 5.13. The minimum absolute atomic E-state index is 0.323. The molecule has 0 amide bonds. The van der Waals surface area contributed by atoms with Crippen molar-refractivity contribution in [3.8, 4) is 11.5 Å². The number of para-hydroxylation sites is 1. The summed E-state index contributed by atoms with van der Waals surface area (Å²) in [5.41, 5.74) is 0. The molecule has 7 heteroatoms. The minimum Gasteiger partial charge on any atom is -0.473 e. The molecule has 0 saturated carbocycles. The maximum atomic E-state index is 10.8. The second-order valence-corrected chi connectivity index (χ2v) is 5.75. The highest BCUT2D eigenvalue weighted by molar-refractivity contribution is 8.15. The third kappa shape index (κ3) is 4.73. The summed E-state index contributed by atoms with van der Waals surface area (Å²) in [6.07, 6.45) is 0. The van der Waals surface area contributed by atoms with Gasteiger partial charge in [0.25, 0.3) is 0 Å². The van der Waals surface area contributed by atoms with E-state index < -0.39 is 10.6 Å². The van der Waals surface area contributed by atoms with E-state index in [2.05, 4.69) is 0 Å². The predicted molar refractivity (Wildman–Crippen MR) is 80.7 cm³/mol. The Bertz CT molecular complexity index is 658. The number of thioether (sulfide) groups is 2. The molecular weight excluding hydrogens is 312 g/mol. The molecule has 5 nitrogen and oxygen atoms in total. The molecule has 0 aliphatic rings. The van der Waals surface area contributed by atoms with Gasteiger partial charge < -0.3 is 14.9 Å². The molecule has 0 bridgehead atoms. The second kappa shape index (κ2) is 7.05. The molecule has 0 aliphatic carbocycles. The van der Waals surface area contributed by atoms with Crippen LogP contribution in [0.5, 0.6) is 11.5 Å². The van der Waals surface area contributed by atoms with Gasteiger partial charge in [-0.05, 0) is 53.9 Å². The van der Waals surface area contributed by atoms with E-state index in [9.17, 15) is 9.59 Å². The Morgan fingerprint density at radius 1 is 0.810 bits per heavy atom. The van der Waals surface area contributed by atoms with E-state index in [1.165, 1.54) is 12.1 Å². The fourth-order valence-electron chi connectivity index (χ4n) is 1.53. The van der Waals surface area contributed by atoms with E-state index in [1.54, 1.807) is 18.2 Å². The summed E-state index contributed by atoms with van der Waals surface area (Å²) in [5, 5.41) is 15.5. The van der Waals surface area contributed by atoms with Gasteiger partial charge in [-0.1, -0.05) is 18.2 Å². The molecule has 0 unspecified atom stereocenters. The van der Waals surface area contributed by atoms with Crippen LogP contribution in [0, 0.1) is 0 Å². The van der Waals surface area contributed by atoms with Crippen molar-refractivity contribution in [3.05, 3.63) is 48.5 Å². The number of hydrogen-bond acceptors (Lipinski definition) is 5. The monoisotopic (exact) mass is 322 g/mol.